The van der Waals surface area contributed by atoms with Gasteiger partial charge >= 0.3 is 0 Å². The molecule has 0 bridgehead atoms. The maximum absolute atomic E-state index is 13.0. The number of nitrogens with zero attached hydrogens (tertiary/aromatic N) is 2. The third-order valence-corrected chi connectivity index (χ3v) is 3.83. The van der Waals surface area contributed by atoms with Crippen LogP contribution in [0.15, 0.2) is 52.5 Å². The summed E-state index contributed by atoms with van der Waals surface area (Å²) in [6.45, 7) is 0.242. The van der Waals surface area contributed by atoms with E-state index in [1.165, 1.54) is 23.1 Å². The summed E-state index contributed by atoms with van der Waals surface area (Å²) in [6, 6.07) is 13.2. The highest BCUT2D eigenvalue weighted by atomic mass is 79.9. The van der Waals surface area contributed by atoms with Gasteiger partial charge in [-0.1, -0.05) is 28.1 Å². The Labute approximate surface area is 154 Å². The van der Waals surface area contributed by atoms with E-state index in [-0.39, 0.29) is 23.9 Å². The Balaban J connectivity index is 2.29. The highest BCUT2D eigenvalue weighted by Gasteiger charge is 2.13. The number of carbonyl (C=O) groups is 1. The molecule has 0 aliphatic rings. The number of benzene rings is 2. The second-order valence-corrected chi connectivity index (χ2v) is 6.38. The summed E-state index contributed by atoms with van der Waals surface area (Å²) in [6.07, 6.45) is 1.49. The average molecular weight is 403 g/mol. The molecule has 6 heteroatoms. The second kappa shape index (κ2) is 8.45. The molecule has 0 saturated carbocycles. The zero-order valence-electron chi connectivity index (χ0n) is 13.8. The van der Waals surface area contributed by atoms with E-state index in [4.69, 9.17) is 4.74 Å². The monoisotopic (exact) mass is 402 g/mol. The van der Waals surface area contributed by atoms with Crippen molar-refractivity contribution in [1.29, 1.82) is 5.26 Å². The molecule has 2 aromatic rings. The van der Waals surface area contributed by atoms with Gasteiger partial charge in [-0.05, 0) is 42.0 Å². The molecule has 0 saturated heterocycles. The zero-order chi connectivity index (χ0) is 18.4. The molecule has 0 aliphatic heterocycles. The van der Waals surface area contributed by atoms with Crippen molar-refractivity contribution in [3.05, 3.63) is 69.5 Å². The van der Waals surface area contributed by atoms with Gasteiger partial charge in [0.05, 0.1) is 0 Å². The van der Waals surface area contributed by atoms with Gasteiger partial charge in [0.1, 0.15) is 29.8 Å². The van der Waals surface area contributed by atoms with Gasteiger partial charge in [-0.3, -0.25) is 4.79 Å². The van der Waals surface area contributed by atoms with Crippen LogP contribution in [0.5, 0.6) is 5.75 Å². The largest absolute Gasteiger partial charge is 0.488 e. The lowest BCUT2D eigenvalue weighted by Gasteiger charge is -2.12. The van der Waals surface area contributed by atoms with Crippen molar-refractivity contribution in [2.45, 2.75) is 6.61 Å². The lowest BCUT2D eigenvalue weighted by atomic mass is 10.1. The van der Waals surface area contributed by atoms with Crippen molar-refractivity contribution in [2.24, 2.45) is 0 Å². The van der Waals surface area contributed by atoms with E-state index < -0.39 is 0 Å². The summed E-state index contributed by atoms with van der Waals surface area (Å²) in [5.74, 6) is -0.171. The molecule has 2 rings (SSSR count). The highest BCUT2D eigenvalue weighted by Crippen LogP contribution is 2.26. The van der Waals surface area contributed by atoms with Gasteiger partial charge in [-0.2, -0.15) is 5.26 Å². The minimum absolute atomic E-state index is 0.00901. The van der Waals surface area contributed by atoms with Crippen LogP contribution in [0.1, 0.15) is 11.1 Å². The molecule has 0 atom stereocenters. The van der Waals surface area contributed by atoms with Crippen molar-refractivity contribution in [3.63, 3.8) is 0 Å². The van der Waals surface area contributed by atoms with E-state index >= 15 is 0 Å². The lowest BCUT2D eigenvalue weighted by Crippen LogP contribution is -2.22. The molecular weight excluding hydrogens is 387 g/mol. The Bertz CT molecular complexity index is 839. The van der Waals surface area contributed by atoms with Crippen molar-refractivity contribution in [2.75, 3.05) is 14.1 Å². The molecule has 2 aromatic carbocycles. The molecule has 25 heavy (non-hydrogen) atoms. The van der Waals surface area contributed by atoms with E-state index in [0.717, 1.165) is 10.0 Å². The topological polar surface area (TPSA) is 53.3 Å². The Kier molecular flexibility index (Phi) is 6.31. The van der Waals surface area contributed by atoms with Crippen molar-refractivity contribution in [1.82, 2.24) is 4.90 Å². The van der Waals surface area contributed by atoms with Crippen LogP contribution in [0.2, 0.25) is 0 Å². The molecule has 0 heterocycles. The number of nitriles is 1. The first-order chi connectivity index (χ1) is 11.9. The van der Waals surface area contributed by atoms with Gasteiger partial charge < -0.3 is 9.64 Å². The molecule has 0 fully saturated rings. The third kappa shape index (κ3) is 5.16. The van der Waals surface area contributed by atoms with Crippen LogP contribution in [0.25, 0.3) is 6.08 Å². The van der Waals surface area contributed by atoms with Crippen LogP contribution in [-0.4, -0.2) is 24.9 Å². The van der Waals surface area contributed by atoms with Crippen LogP contribution >= 0.6 is 15.9 Å². The van der Waals surface area contributed by atoms with E-state index in [1.54, 1.807) is 44.4 Å². The van der Waals surface area contributed by atoms with Gasteiger partial charge in [-0.25, -0.2) is 4.39 Å². The zero-order valence-corrected chi connectivity index (χ0v) is 15.4. The summed E-state index contributed by atoms with van der Waals surface area (Å²) in [7, 11) is 3.17. The van der Waals surface area contributed by atoms with Crippen molar-refractivity contribution < 1.29 is 13.9 Å². The van der Waals surface area contributed by atoms with Crippen molar-refractivity contribution >= 4 is 27.9 Å². The molecule has 0 aromatic heterocycles. The van der Waals surface area contributed by atoms with Crippen LogP contribution in [0, 0.1) is 17.1 Å². The standard InChI is InChI=1S/C19H16BrFN2O2/c1-23(2)19(24)15(11-22)9-14-10-16(20)5-8-18(14)25-12-13-3-6-17(21)7-4-13/h3-10H,12H2,1-2H3/b15-9-. The smallest absolute Gasteiger partial charge is 0.264 e. The van der Waals surface area contributed by atoms with E-state index in [0.29, 0.717) is 11.3 Å². The molecule has 0 N–H and O–H groups in total. The van der Waals surface area contributed by atoms with Crippen LogP contribution < -0.4 is 4.74 Å². The quantitative estimate of drug-likeness (QED) is 0.557. The van der Waals surface area contributed by atoms with Gasteiger partial charge in [0.25, 0.3) is 5.91 Å². The molecule has 4 nitrogen and oxygen atoms in total. The second-order valence-electron chi connectivity index (χ2n) is 5.47. The SMILES string of the molecule is CN(C)C(=O)/C(C#N)=C\c1cc(Br)ccc1OCc1ccc(F)cc1. The molecule has 0 spiro atoms. The van der Waals surface area contributed by atoms with E-state index in [2.05, 4.69) is 15.9 Å². The Hall–Kier alpha value is -2.65. The summed E-state index contributed by atoms with van der Waals surface area (Å²) in [5, 5.41) is 9.25. The number of likely N-dealkylation sites (N-methyl/N-ethyl adjacent to an activating group) is 1. The van der Waals surface area contributed by atoms with Crippen LogP contribution in [0.3, 0.4) is 0 Å². The fourth-order valence-corrected chi connectivity index (χ4v) is 2.42. The average Bonchev–Trinajstić information content (AvgIpc) is 2.59. The Morgan fingerprint density at radius 3 is 2.56 bits per heavy atom. The molecule has 0 unspecified atom stereocenters. The predicted molar refractivity (Wildman–Crippen MR) is 97.2 cm³/mol. The molecule has 0 aliphatic carbocycles. The highest BCUT2D eigenvalue weighted by molar-refractivity contribution is 9.10. The van der Waals surface area contributed by atoms with E-state index in [9.17, 15) is 14.4 Å². The predicted octanol–water partition coefficient (Wildman–Crippen LogP) is 4.16. The molecule has 1 amide bonds. The number of hydrogen-bond acceptors (Lipinski definition) is 3. The minimum Gasteiger partial charge on any atom is -0.488 e. The van der Waals surface area contributed by atoms with Gasteiger partial charge in [0.2, 0.25) is 0 Å². The summed E-state index contributed by atoms with van der Waals surface area (Å²) in [5.41, 5.74) is 1.42. The Morgan fingerprint density at radius 1 is 1.28 bits per heavy atom. The number of amides is 1. The summed E-state index contributed by atoms with van der Waals surface area (Å²) >= 11 is 3.37. The molecule has 0 radical (unpaired) electrons. The number of carbonyl (C=O) groups excluding carboxylic acids is 1. The maximum Gasteiger partial charge on any atom is 0.264 e. The van der Waals surface area contributed by atoms with Gasteiger partial charge in [-0.15, -0.1) is 0 Å². The molecule has 128 valence electrons. The van der Waals surface area contributed by atoms with Crippen LogP contribution in [0.4, 0.5) is 4.39 Å². The lowest BCUT2D eigenvalue weighted by molar-refractivity contribution is -0.124. The number of ether oxygens (including phenoxy) is 1. The molecular formula is C19H16BrFN2O2. The number of hydrogen-bond donors (Lipinski definition) is 0. The Morgan fingerprint density at radius 2 is 1.96 bits per heavy atom. The fraction of sp³-hybridized carbons (Fsp3) is 0.158. The fourth-order valence-electron chi connectivity index (χ4n) is 2.04. The maximum atomic E-state index is 13.0. The first kappa shape index (κ1) is 18.7. The first-order valence-corrected chi connectivity index (χ1v) is 8.20. The first-order valence-electron chi connectivity index (χ1n) is 7.41. The third-order valence-electron chi connectivity index (χ3n) is 3.34. The minimum atomic E-state index is -0.382. The normalized spacial score (nSPS) is 10.9. The van der Waals surface area contributed by atoms with Gasteiger partial charge in [0, 0.05) is 24.1 Å². The summed E-state index contributed by atoms with van der Waals surface area (Å²) in [4.78, 5) is 13.4. The van der Waals surface area contributed by atoms with Crippen LogP contribution in [-0.2, 0) is 11.4 Å². The van der Waals surface area contributed by atoms with Crippen molar-refractivity contribution in [3.8, 4) is 11.8 Å². The number of rotatable bonds is 5. The number of halogens is 2. The van der Waals surface area contributed by atoms with Gasteiger partial charge in [0.15, 0.2) is 0 Å². The van der Waals surface area contributed by atoms with E-state index in [1.807, 2.05) is 6.07 Å². The summed E-state index contributed by atoms with van der Waals surface area (Å²) < 4.78 is 19.5.